The Kier molecular flexibility index (Phi) is 1.52. The molecule has 1 rings (SSSR count). The molecular weight excluding hydrogens is 150 g/mol. The smallest absolute Gasteiger partial charge is 0.0848 e. The lowest BCUT2D eigenvalue weighted by molar-refractivity contribution is 0.678. The average molecular weight is 159 g/mol. The number of hydrogen-bond donors (Lipinski definition) is 1. The van der Waals surface area contributed by atoms with Crippen molar-refractivity contribution in [1.82, 2.24) is 9.78 Å². The molecule has 0 saturated carbocycles. The first kappa shape index (κ1) is 7.27. The Bertz CT molecular complexity index is 324. The third-order valence-corrected chi connectivity index (χ3v) is 2.24. The maximum atomic E-state index is 11.0. The van der Waals surface area contributed by atoms with Crippen LogP contribution in [0.4, 0.5) is 0 Å². The second kappa shape index (κ2) is 2.09. The van der Waals surface area contributed by atoms with Crippen LogP contribution in [0.15, 0.2) is 17.3 Å². The topological polar surface area (TPSA) is 58.7 Å². The Morgan fingerprint density at radius 1 is 1.80 bits per heavy atom. The molecule has 1 heterocycles. The average Bonchev–Trinajstić information content (AvgIpc) is 2.11. The van der Waals surface area contributed by atoms with Crippen LogP contribution in [0.3, 0.4) is 0 Å². The van der Waals surface area contributed by atoms with Gasteiger partial charge in [0.1, 0.15) is 0 Å². The Morgan fingerprint density at radius 3 is 2.60 bits per heavy atom. The number of aromatic nitrogens is 2. The van der Waals surface area contributed by atoms with Crippen molar-refractivity contribution in [3.8, 4) is 0 Å². The van der Waals surface area contributed by atoms with E-state index in [1.54, 1.807) is 13.2 Å². The van der Waals surface area contributed by atoms with Gasteiger partial charge >= 0.3 is 0 Å². The number of rotatable bonds is 1. The SMILES string of the molecule is Cn1cc(S(C)(=N)=O)cn1. The van der Waals surface area contributed by atoms with E-state index in [1.807, 2.05) is 0 Å². The van der Waals surface area contributed by atoms with Gasteiger partial charge in [-0.15, -0.1) is 0 Å². The van der Waals surface area contributed by atoms with Crippen LogP contribution >= 0.6 is 0 Å². The summed E-state index contributed by atoms with van der Waals surface area (Å²) in [5.41, 5.74) is 0. The molecule has 0 aliphatic carbocycles. The summed E-state index contributed by atoms with van der Waals surface area (Å²) in [6, 6.07) is 0. The van der Waals surface area contributed by atoms with Gasteiger partial charge in [-0.2, -0.15) is 5.10 Å². The molecule has 1 N–H and O–H groups in total. The first-order valence-electron chi connectivity index (χ1n) is 2.72. The molecule has 0 spiro atoms. The normalized spacial score (nSPS) is 16.6. The van der Waals surface area contributed by atoms with Gasteiger partial charge < -0.3 is 0 Å². The number of hydrogen-bond acceptors (Lipinski definition) is 3. The maximum Gasteiger partial charge on any atom is 0.0848 e. The van der Waals surface area contributed by atoms with Crippen LogP contribution in [0.5, 0.6) is 0 Å². The van der Waals surface area contributed by atoms with Crippen molar-refractivity contribution in [2.45, 2.75) is 4.90 Å². The molecule has 1 unspecified atom stereocenters. The number of aryl methyl sites for hydroxylation is 1. The minimum atomic E-state index is -2.57. The quantitative estimate of drug-likeness (QED) is 0.647. The zero-order valence-corrected chi connectivity index (χ0v) is 6.68. The van der Waals surface area contributed by atoms with Crippen LogP contribution < -0.4 is 0 Å². The second-order valence-corrected chi connectivity index (χ2v) is 4.35. The number of nitrogens with one attached hydrogen (secondary N) is 1. The summed E-state index contributed by atoms with van der Waals surface area (Å²) in [6.45, 7) is 0. The lowest BCUT2D eigenvalue weighted by Crippen LogP contribution is -1.91. The second-order valence-electron chi connectivity index (χ2n) is 2.19. The van der Waals surface area contributed by atoms with E-state index in [-0.39, 0.29) is 0 Å². The summed E-state index contributed by atoms with van der Waals surface area (Å²) in [6.07, 6.45) is 4.43. The van der Waals surface area contributed by atoms with Crippen LogP contribution in [-0.2, 0) is 16.8 Å². The fourth-order valence-corrected chi connectivity index (χ4v) is 1.20. The molecule has 0 bridgehead atoms. The highest BCUT2D eigenvalue weighted by molar-refractivity contribution is 7.91. The minimum Gasteiger partial charge on any atom is -0.275 e. The van der Waals surface area contributed by atoms with Gasteiger partial charge in [0, 0.05) is 19.5 Å². The van der Waals surface area contributed by atoms with Crippen molar-refractivity contribution < 1.29 is 4.21 Å². The fourth-order valence-electron chi connectivity index (χ4n) is 0.600. The van der Waals surface area contributed by atoms with Gasteiger partial charge in [-0.25, -0.2) is 8.99 Å². The predicted octanol–water partition coefficient (Wildman–Crippen LogP) is 0.456. The first-order chi connectivity index (χ1) is 4.50. The molecule has 0 fully saturated rings. The van der Waals surface area contributed by atoms with E-state index in [2.05, 4.69) is 5.10 Å². The van der Waals surface area contributed by atoms with E-state index in [0.717, 1.165) is 0 Å². The highest BCUT2D eigenvalue weighted by atomic mass is 32.2. The molecule has 1 atom stereocenters. The molecule has 4 nitrogen and oxygen atoms in total. The lowest BCUT2D eigenvalue weighted by Gasteiger charge is -1.91. The maximum absolute atomic E-state index is 11.0. The molecular formula is C5H9N3OS. The van der Waals surface area contributed by atoms with Crippen molar-refractivity contribution in [2.75, 3.05) is 6.26 Å². The molecule has 1 aromatic rings. The first-order valence-corrected chi connectivity index (χ1v) is 4.69. The predicted molar refractivity (Wildman–Crippen MR) is 38.3 cm³/mol. The molecule has 1 aromatic heterocycles. The molecule has 10 heavy (non-hydrogen) atoms. The summed E-state index contributed by atoms with van der Waals surface area (Å²) in [7, 11) is -0.834. The zero-order chi connectivity index (χ0) is 7.78. The molecule has 5 heteroatoms. The molecule has 0 radical (unpaired) electrons. The minimum absolute atomic E-state index is 0.481. The van der Waals surface area contributed by atoms with Crippen LogP contribution in [-0.4, -0.2) is 20.2 Å². The molecule has 0 aromatic carbocycles. The van der Waals surface area contributed by atoms with E-state index < -0.39 is 9.73 Å². The molecule has 0 aliphatic heterocycles. The van der Waals surface area contributed by atoms with E-state index in [1.165, 1.54) is 17.1 Å². The van der Waals surface area contributed by atoms with Gasteiger partial charge in [-0.05, 0) is 0 Å². The zero-order valence-electron chi connectivity index (χ0n) is 5.87. The van der Waals surface area contributed by atoms with Crippen molar-refractivity contribution in [3.05, 3.63) is 12.4 Å². The number of nitrogens with zero attached hydrogens (tertiary/aromatic N) is 2. The van der Waals surface area contributed by atoms with Crippen LogP contribution in [0.1, 0.15) is 0 Å². The third-order valence-electron chi connectivity index (χ3n) is 1.13. The van der Waals surface area contributed by atoms with Gasteiger partial charge in [-0.1, -0.05) is 0 Å². The van der Waals surface area contributed by atoms with E-state index in [0.29, 0.717) is 4.90 Å². The van der Waals surface area contributed by atoms with Crippen LogP contribution in [0, 0.1) is 4.78 Å². The fraction of sp³-hybridized carbons (Fsp3) is 0.400. The van der Waals surface area contributed by atoms with Crippen LogP contribution in [0.2, 0.25) is 0 Å². The molecule has 0 aliphatic rings. The summed E-state index contributed by atoms with van der Waals surface area (Å²) >= 11 is 0. The Morgan fingerprint density at radius 2 is 2.40 bits per heavy atom. The summed E-state index contributed by atoms with van der Waals surface area (Å²) in [5, 5.41) is 3.80. The third kappa shape index (κ3) is 1.36. The van der Waals surface area contributed by atoms with Crippen LogP contribution in [0.25, 0.3) is 0 Å². The molecule has 56 valence electrons. The van der Waals surface area contributed by atoms with Gasteiger partial charge in [0.25, 0.3) is 0 Å². The Balaban J connectivity index is 3.21. The lowest BCUT2D eigenvalue weighted by atomic mass is 10.7. The van der Waals surface area contributed by atoms with Gasteiger partial charge in [0.05, 0.1) is 20.8 Å². The molecule has 0 saturated heterocycles. The largest absolute Gasteiger partial charge is 0.275 e. The van der Waals surface area contributed by atoms with E-state index in [9.17, 15) is 4.21 Å². The van der Waals surface area contributed by atoms with E-state index >= 15 is 0 Å². The van der Waals surface area contributed by atoms with Gasteiger partial charge in [0.15, 0.2) is 0 Å². The summed E-state index contributed by atoms with van der Waals surface area (Å²) < 4.78 is 19.7. The van der Waals surface area contributed by atoms with Crippen molar-refractivity contribution in [2.24, 2.45) is 7.05 Å². The van der Waals surface area contributed by atoms with Crippen molar-refractivity contribution >= 4 is 9.73 Å². The Labute approximate surface area is 59.8 Å². The highest BCUT2D eigenvalue weighted by Crippen LogP contribution is 2.05. The van der Waals surface area contributed by atoms with E-state index in [4.69, 9.17) is 4.78 Å². The van der Waals surface area contributed by atoms with Crippen molar-refractivity contribution in [3.63, 3.8) is 0 Å². The summed E-state index contributed by atoms with van der Waals surface area (Å²) in [4.78, 5) is 0.481. The van der Waals surface area contributed by atoms with Crippen molar-refractivity contribution in [1.29, 1.82) is 4.78 Å². The Hall–Kier alpha value is -0.840. The van der Waals surface area contributed by atoms with Gasteiger partial charge in [0.2, 0.25) is 0 Å². The molecule has 0 amide bonds. The summed E-state index contributed by atoms with van der Waals surface area (Å²) in [5.74, 6) is 0. The monoisotopic (exact) mass is 159 g/mol. The highest BCUT2D eigenvalue weighted by Gasteiger charge is 2.03. The van der Waals surface area contributed by atoms with Gasteiger partial charge in [-0.3, -0.25) is 4.68 Å². The standard InChI is InChI=1S/C5H9N3OS/c1-8-4-5(3-7-8)10(2,6)9/h3-4,6H,1-2H3.